The molecule has 3 aromatic rings. The molecular weight excluding hydrogens is 274 g/mol. The van der Waals surface area contributed by atoms with Crippen LogP contribution in [0.2, 0.25) is 0 Å². The Hall–Kier alpha value is -3.08. The van der Waals surface area contributed by atoms with Crippen molar-refractivity contribution in [3.8, 4) is 0 Å². The predicted molar refractivity (Wildman–Crippen MR) is 87.0 cm³/mol. The summed E-state index contributed by atoms with van der Waals surface area (Å²) in [5.74, 6) is 1.72. The molecule has 1 aliphatic rings. The van der Waals surface area contributed by atoms with Crippen LogP contribution in [0.1, 0.15) is 5.82 Å². The zero-order chi connectivity index (χ0) is 14.8. The Morgan fingerprint density at radius 1 is 0.909 bits per heavy atom. The van der Waals surface area contributed by atoms with Gasteiger partial charge in [-0.1, -0.05) is 24.3 Å². The molecule has 0 bridgehead atoms. The molecule has 0 saturated carbocycles. The highest BCUT2D eigenvalue weighted by molar-refractivity contribution is 5.75. The zero-order valence-electron chi connectivity index (χ0n) is 11.9. The summed E-state index contributed by atoms with van der Waals surface area (Å²) < 4.78 is 2.11. The number of anilines is 2. The fraction of sp³-hybridized carbons (Fsp3) is 0.0588. The fourth-order valence-electron chi connectivity index (χ4n) is 2.52. The zero-order valence-corrected chi connectivity index (χ0v) is 11.9. The lowest BCUT2D eigenvalue weighted by Crippen LogP contribution is -2.27. The van der Waals surface area contributed by atoms with Crippen molar-refractivity contribution in [2.75, 3.05) is 10.2 Å². The number of rotatable bonds is 3. The van der Waals surface area contributed by atoms with E-state index in [0.29, 0.717) is 0 Å². The predicted octanol–water partition coefficient (Wildman–Crippen LogP) is 3.17. The van der Waals surface area contributed by atoms with Gasteiger partial charge in [0.2, 0.25) is 0 Å². The lowest BCUT2D eigenvalue weighted by molar-refractivity contribution is 0.677. The Morgan fingerprint density at radius 3 is 2.59 bits per heavy atom. The quantitative estimate of drug-likeness (QED) is 0.804. The minimum Gasteiger partial charge on any atom is -0.336 e. The third-order valence-electron chi connectivity index (χ3n) is 3.56. The van der Waals surface area contributed by atoms with Crippen molar-refractivity contribution in [2.45, 2.75) is 6.67 Å². The van der Waals surface area contributed by atoms with E-state index in [1.54, 1.807) is 6.20 Å². The number of para-hydroxylation sites is 1. The van der Waals surface area contributed by atoms with Crippen molar-refractivity contribution >= 4 is 17.2 Å². The molecular formula is C17H15N5. The van der Waals surface area contributed by atoms with Crippen LogP contribution in [-0.4, -0.2) is 14.5 Å². The van der Waals surface area contributed by atoms with Gasteiger partial charge in [-0.25, -0.2) is 9.97 Å². The van der Waals surface area contributed by atoms with Crippen LogP contribution in [0, 0.1) is 0 Å². The number of nitrogens with one attached hydrogen (secondary N) is 1. The van der Waals surface area contributed by atoms with Gasteiger partial charge in [0.05, 0.1) is 5.70 Å². The summed E-state index contributed by atoms with van der Waals surface area (Å²) in [7, 11) is 0. The van der Waals surface area contributed by atoms with Crippen molar-refractivity contribution in [1.29, 1.82) is 0 Å². The maximum absolute atomic E-state index is 4.44. The summed E-state index contributed by atoms with van der Waals surface area (Å²) in [6.45, 7) is 0.743. The van der Waals surface area contributed by atoms with Gasteiger partial charge in [0.25, 0.3) is 0 Å². The van der Waals surface area contributed by atoms with Crippen molar-refractivity contribution in [3.63, 3.8) is 0 Å². The number of fused-ring (bicyclic) bond motifs is 1. The number of pyridine rings is 1. The van der Waals surface area contributed by atoms with Gasteiger partial charge < -0.3 is 14.8 Å². The Kier molecular flexibility index (Phi) is 3.08. The molecule has 0 atom stereocenters. The molecule has 0 amide bonds. The average molecular weight is 289 g/mol. The summed E-state index contributed by atoms with van der Waals surface area (Å²) in [6, 6.07) is 16.1. The van der Waals surface area contributed by atoms with Crippen molar-refractivity contribution in [2.24, 2.45) is 0 Å². The molecule has 5 heteroatoms. The van der Waals surface area contributed by atoms with Crippen LogP contribution >= 0.6 is 0 Å². The highest BCUT2D eigenvalue weighted by atomic mass is 15.3. The Balaban J connectivity index is 1.71. The molecule has 2 aromatic heterocycles. The molecule has 5 nitrogen and oxygen atoms in total. The average Bonchev–Trinajstić information content (AvgIpc) is 3.05. The molecule has 0 unspecified atom stereocenters. The molecule has 0 saturated heterocycles. The number of nitrogens with zero attached hydrogens (tertiary/aromatic N) is 4. The number of aromatic nitrogens is 3. The minimum atomic E-state index is 0.743. The first-order valence-electron chi connectivity index (χ1n) is 7.13. The highest BCUT2D eigenvalue weighted by Gasteiger charge is 2.19. The first-order chi connectivity index (χ1) is 10.9. The van der Waals surface area contributed by atoms with Gasteiger partial charge in [-0.2, -0.15) is 0 Å². The van der Waals surface area contributed by atoms with Crippen LogP contribution in [0.3, 0.4) is 0 Å². The Labute approximate surface area is 128 Å². The van der Waals surface area contributed by atoms with Crippen LogP contribution in [0.25, 0.3) is 5.70 Å². The molecule has 1 aliphatic heterocycles. The summed E-state index contributed by atoms with van der Waals surface area (Å²) >= 11 is 0. The molecule has 108 valence electrons. The molecule has 4 rings (SSSR count). The number of hydrogen-bond donors (Lipinski definition) is 1. The standard InChI is InChI=1S/C17H15N5/c1-2-6-14(7-3-1)22-12-15(17-19-10-11-21(17)13-22)20-16-8-4-5-9-18-16/h1-12H,13H2,(H,18,20). The fourth-order valence-corrected chi connectivity index (χ4v) is 2.52. The van der Waals surface area contributed by atoms with Gasteiger partial charge in [0, 0.05) is 30.5 Å². The number of imidazole rings is 1. The number of hydrogen-bond acceptors (Lipinski definition) is 4. The lowest BCUT2D eigenvalue weighted by Gasteiger charge is -2.28. The van der Waals surface area contributed by atoms with Gasteiger partial charge in [0.15, 0.2) is 5.82 Å². The smallest absolute Gasteiger partial charge is 0.159 e. The van der Waals surface area contributed by atoms with Gasteiger partial charge in [-0.15, -0.1) is 0 Å². The van der Waals surface area contributed by atoms with E-state index >= 15 is 0 Å². The maximum atomic E-state index is 4.44. The third-order valence-corrected chi connectivity index (χ3v) is 3.56. The van der Waals surface area contributed by atoms with E-state index in [9.17, 15) is 0 Å². The normalized spacial score (nSPS) is 13.5. The van der Waals surface area contributed by atoms with Crippen LogP contribution in [0.5, 0.6) is 0 Å². The van der Waals surface area contributed by atoms with E-state index in [4.69, 9.17) is 0 Å². The monoisotopic (exact) mass is 289 g/mol. The maximum Gasteiger partial charge on any atom is 0.159 e. The molecule has 0 spiro atoms. The third kappa shape index (κ3) is 2.33. The Morgan fingerprint density at radius 2 is 1.77 bits per heavy atom. The summed E-state index contributed by atoms with van der Waals surface area (Å²) in [5.41, 5.74) is 2.07. The summed E-state index contributed by atoms with van der Waals surface area (Å²) in [5, 5.41) is 3.35. The van der Waals surface area contributed by atoms with Gasteiger partial charge in [0.1, 0.15) is 12.5 Å². The minimum absolute atomic E-state index is 0.743. The Bertz CT molecular complexity index is 792. The molecule has 0 fully saturated rings. The molecule has 0 radical (unpaired) electrons. The largest absolute Gasteiger partial charge is 0.336 e. The van der Waals surface area contributed by atoms with E-state index in [1.165, 1.54) is 0 Å². The highest BCUT2D eigenvalue weighted by Crippen LogP contribution is 2.25. The summed E-state index contributed by atoms with van der Waals surface area (Å²) in [4.78, 5) is 10.9. The van der Waals surface area contributed by atoms with E-state index in [2.05, 4.69) is 43.1 Å². The van der Waals surface area contributed by atoms with E-state index in [0.717, 1.165) is 29.7 Å². The van der Waals surface area contributed by atoms with Crippen LogP contribution in [-0.2, 0) is 6.67 Å². The van der Waals surface area contributed by atoms with Gasteiger partial charge >= 0.3 is 0 Å². The van der Waals surface area contributed by atoms with Crippen LogP contribution < -0.4 is 10.2 Å². The molecule has 1 N–H and O–H groups in total. The SMILES string of the molecule is C1=C(Nc2ccccn2)c2nccn2CN1c1ccccc1. The van der Waals surface area contributed by atoms with Crippen molar-refractivity contribution in [1.82, 2.24) is 14.5 Å². The first kappa shape index (κ1) is 12.6. The molecule has 0 aliphatic carbocycles. The van der Waals surface area contributed by atoms with E-state index in [1.807, 2.05) is 48.8 Å². The summed E-state index contributed by atoms with van der Waals surface area (Å²) in [6.07, 6.45) is 7.65. The van der Waals surface area contributed by atoms with Crippen LogP contribution in [0.4, 0.5) is 11.5 Å². The number of benzene rings is 1. The van der Waals surface area contributed by atoms with E-state index in [-0.39, 0.29) is 0 Å². The second kappa shape index (κ2) is 5.37. The second-order valence-electron chi connectivity index (χ2n) is 5.05. The first-order valence-corrected chi connectivity index (χ1v) is 7.13. The molecule has 3 heterocycles. The topological polar surface area (TPSA) is 46.0 Å². The van der Waals surface area contributed by atoms with Crippen molar-refractivity contribution < 1.29 is 0 Å². The van der Waals surface area contributed by atoms with Crippen molar-refractivity contribution in [3.05, 3.63) is 79.1 Å². The lowest BCUT2D eigenvalue weighted by atomic mass is 10.2. The van der Waals surface area contributed by atoms with Gasteiger partial charge in [-0.05, 0) is 24.3 Å². The molecule has 22 heavy (non-hydrogen) atoms. The second-order valence-corrected chi connectivity index (χ2v) is 5.05. The van der Waals surface area contributed by atoms with Gasteiger partial charge in [-0.3, -0.25) is 0 Å². The van der Waals surface area contributed by atoms with Crippen LogP contribution in [0.15, 0.2) is 73.3 Å². The van der Waals surface area contributed by atoms with E-state index < -0.39 is 0 Å². The molecule has 1 aromatic carbocycles.